The number of hydrogen-bond acceptors (Lipinski definition) is 4. The third kappa shape index (κ3) is 2.87. The largest absolute Gasteiger partial charge is 0.330 e. The molecule has 0 aliphatic carbocycles. The number of rotatable bonds is 4. The van der Waals surface area contributed by atoms with E-state index < -0.39 is 0 Å². The molecule has 0 bridgehead atoms. The van der Waals surface area contributed by atoms with Gasteiger partial charge in [0.1, 0.15) is 0 Å². The van der Waals surface area contributed by atoms with E-state index in [1.807, 2.05) is 6.07 Å². The zero-order chi connectivity index (χ0) is 13.9. The summed E-state index contributed by atoms with van der Waals surface area (Å²) in [4.78, 5) is 5.95. The predicted octanol–water partition coefficient (Wildman–Crippen LogP) is 4.26. The molecule has 0 aliphatic rings. The van der Waals surface area contributed by atoms with E-state index in [-0.39, 0.29) is 0 Å². The van der Waals surface area contributed by atoms with Crippen LogP contribution in [0.5, 0.6) is 0 Å². The lowest BCUT2D eigenvalue weighted by Gasteiger charge is -2.07. The Hall–Kier alpha value is -1.36. The fourth-order valence-corrected chi connectivity index (χ4v) is 4.31. The first kappa shape index (κ1) is 13.6. The maximum Gasteiger partial charge on any atom is 0.155 e. The first-order valence-electron chi connectivity index (χ1n) is 6.59. The molecule has 1 aromatic heterocycles. The Labute approximate surface area is 127 Å². The normalized spacial score (nSPS) is 11.1. The molecule has 2 N–H and O–H groups in total. The first-order chi connectivity index (χ1) is 9.76. The fourth-order valence-electron chi connectivity index (χ4n) is 2.15. The smallest absolute Gasteiger partial charge is 0.155 e. The number of thiazole rings is 1. The maximum absolute atomic E-state index is 5.71. The maximum atomic E-state index is 5.71. The van der Waals surface area contributed by atoms with E-state index in [0.29, 0.717) is 6.54 Å². The highest BCUT2D eigenvalue weighted by atomic mass is 32.2. The van der Waals surface area contributed by atoms with Crippen LogP contribution in [0.25, 0.3) is 10.2 Å². The van der Waals surface area contributed by atoms with E-state index in [1.54, 1.807) is 23.1 Å². The Morgan fingerprint density at radius 2 is 2.05 bits per heavy atom. The van der Waals surface area contributed by atoms with Crippen molar-refractivity contribution in [1.29, 1.82) is 0 Å². The zero-order valence-electron chi connectivity index (χ0n) is 11.3. The van der Waals surface area contributed by atoms with Crippen LogP contribution >= 0.6 is 23.1 Å². The van der Waals surface area contributed by atoms with Crippen molar-refractivity contribution in [2.24, 2.45) is 5.73 Å². The highest BCUT2D eigenvalue weighted by molar-refractivity contribution is 8.01. The van der Waals surface area contributed by atoms with Crippen LogP contribution in [0.2, 0.25) is 0 Å². The van der Waals surface area contributed by atoms with E-state index >= 15 is 0 Å². The molecule has 102 valence electrons. The van der Waals surface area contributed by atoms with Gasteiger partial charge in [-0.15, -0.1) is 11.3 Å². The van der Waals surface area contributed by atoms with Gasteiger partial charge in [0.05, 0.1) is 10.2 Å². The van der Waals surface area contributed by atoms with Crippen molar-refractivity contribution in [2.75, 3.05) is 6.54 Å². The van der Waals surface area contributed by atoms with Gasteiger partial charge in [-0.25, -0.2) is 4.98 Å². The summed E-state index contributed by atoms with van der Waals surface area (Å²) in [5.41, 5.74) is 9.38. The third-order valence-corrected chi connectivity index (χ3v) is 5.32. The van der Waals surface area contributed by atoms with Crippen molar-refractivity contribution in [3.05, 3.63) is 53.6 Å². The minimum absolute atomic E-state index is 0.677. The molecular weight excluding hydrogens is 284 g/mol. The highest BCUT2D eigenvalue weighted by Crippen LogP contribution is 2.36. The van der Waals surface area contributed by atoms with Gasteiger partial charge < -0.3 is 5.73 Å². The van der Waals surface area contributed by atoms with Crippen LogP contribution in [0.15, 0.2) is 51.7 Å². The van der Waals surface area contributed by atoms with Crippen molar-refractivity contribution in [2.45, 2.75) is 22.6 Å². The summed E-state index contributed by atoms with van der Waals surface area (Å²) in [6.07, 6.45) is 0.912. The average molecular weight is 300 g/mol. The molecule has 0 amide bonds. The monoisotopic (exact) mass is 300 g/mol. The van der Waals surface area contributed by atoms with Crippen LogP contribution in [0.1, 0.15) is 11.1 Å². The van der Waals surface area contributed by atoms with Gasteiger partial charge in [-0.2, -0.15) is 0 Å². The van der Waals surface area contributed by atoms with Crippen molar-refractivity contribution >= 4 is 33.3 Å². The first-order valence-corrected chi connectivity index (χ1v) is 8.22. The minimum Gasteiger partial charge on any atom is -0.330 e. The molecule has 2 aromatic carbocycles. The third-order valence-electron chi connectivity index (χ3n) is 3.10. The van der Waals surface area contributed by atoms with E-state index in [4.69, 9.17) is 5.73 Å². The van der Waals surface area contributed by atoms with Crippen molar-refractivity contribution < 1.29 is 0 Å². The summed E-state index contributed by atoms with van der Waals surface area (Å²) in [6, 6.07) is 14.8. The molecule has 0 fully saturated rings. The van der Waals surface area contributed by atoms with E-state index in [1.165, 1.54) is 20.7 Å². The second-order valence-electron chi connectivity index (χ2n) is 4.70. The van der Waals surface area contributed by atoms with Crippen LogP contribution in [0, 0.1) is 6.92 Å². The van der Waals surface area contributed by atoms with Gasteiger partial charge in [-0.3, -0.25) is 0 Å². The number of hydrogen-bond donors (Lipinski definition) is 1. The van der Waals surface area contributed by atoms with E-state index in [2.05, 4.69) is 48.3 Å². The van der Waals surface area contributed by atoms with Crippen LogP contribution in [-0.4, -0.2) is 11.5 Å². The molecule has 3 rings (SSSR count). The van der Waals surface area contributed by atoms with Crippen LogP contribution in [0.3, 0.4) is 0 Å². The summed E-state index contributed by atoms with van der Waals surface area (Å²) in [7, 11) is 0. The van der Waals surface area contributed by atoms with Gasteiger partial charge in [0.2, 0.25) is 0 Å². The molecule has 1 heterocycles. The second-order valence-corrected chi connectivity index (χ2v) is 7.02. The molecule has 0 saturated carbocycles. The van der Waals surface area contributed by atoms with Crippen LogP contribution in [0.4, 0.5) is 0 Å². The Kier molecular flexibility index (Phi) is 4.05. The van der Waals surface area contributed by atoms with E-state index in [9.17, 15) is 0 Å². The lowest BCUT2D eigenvalue weighted by Crippen LogP contribution is -2.03. The van der Waals surface area contributed by atoms with Gasteiger partial charge in [0, 0.05) is 4.90 Å². The molecule has 3 aromatic rings. The summed E-state index contributed by atoms with van der Waals surface area (Å²) in [5, 5.41) is 0. The predicted molar refractivity (Wildman–Crippen MR) is 87.7 cm³/mol. The van der Waals surface area contributed by atoms with Crippen LogP contribution < -0.4 is 5.73 Å². The van der Waals surface area contributed by atoms with Gasteiger partial charge in [-0.1, -0.05) is 41.6 Å². The molecule has 0 radical (unpaired) electrons. The average Bonchev–Trinajstić information content (AvgIpc) is 2.84. The quantitative estimate of drug-likeness (QED) is 0.782. The van der Waals surface area contributed by atoms with Gasteiger partial charge >= 0.3 is 0 Å². The standard InChI is InChI=1S/C16H16N2S2/c1-11-6-7-14(12(10-11)8-9-17)19-16-18-13-4-2-3-5-15(13)20-16/h2-7,10H,8-9,17H2,1H3. The highest BCUT2D eigenvalue weighted by Gasteiger charge is 2.08. The molecule has 4 heteroatoms. The van der Waals surface area contributed by atoms with Crippen molar-refractivity contribution in [3.63, 3.8) is 0 Å². The second kappa shape index (κ2) is 5.95. The molecule has 0 unspecified atom stereocenters. The molecule has 2 nitrogen and oxygen atoms in total. The number of aryl methyl sites for hydroxylation is 1. The summed E-state index contributed by atoms with van der Waals surface area (Å²) < 4.78 is 2.33. The SMILES string of the molecule is Cc1ccc(Sc2nc3ccccc3s2)c(CCN)c1. The lowest BCUT2D eigenvalue weighted by molar-refractivity contribution is 0.941. The molecule has 0 atom stereocenters. The molecule has 20 heavy (non-hydrogen) atoms. The molecule has 0 aliphatic heterocycles. The molecule has 0 saturated heterocycles. The van der Waals surface area contributed by atoms with E-state index in [0.717, 1.165) is 16.3 Å². The number of para-hydroxylation sites is 1. The minimum atomic E-state index is 0.677. The van der Waals surface area contributed by atoms with Gasteiger partial charge in [0.25, 0.3) is 0 Å². The zero-order valence-corrected chi connectivity index (χ0v) is 12.9. The van der Waals surface area contributed by atoms with Crippen LogP contribution in [-0.2, 0) is 6.42 Å². The number of nitrogens with two attached hydrogens (primary N) is 1. The molecule has 0 spiro atoms. The summed E-state index contributed by atoms with van der Waals surface area (Å²) in [6.45, 7) is 2.79. The number of benzene rings is 2. The Morgan fingerprint density at radius 1 is 1.20 bits per heavy atom. The Morgan fingerprint density at radius 3 is 2.85 bits per heavy atom. The summed E-state index contributed by atoms with van der Waals surface area (Å²) in [5.74, 6) is 0. The van der Waals surface area contributed by atoms with Gasteiger partial charge in [-0.05, 0) is 43.7 Å². The molecular formula is C16H16N2S2. The van der Waals surface area contributed by atoms with Crippen molar-refractivity contribution in [1.82, 2.24) is 4.98 Å². The number of aromatic nitrogens is 1. The number of nitrogens with zero attached hydrogens (tertiary/aromatic N) is 1. The Balaban J connectivity index is 1.93. The lowest BCUT2D eigenvalue weighted by atomic mass is 10.1. The fraction of sp³-hybridized carbons (Fsp3) is 0.188. The van der Waals surface area contributed by atoms with Gasteiger partial charge in [0.15, 0.2) is 4.34 Å². The summed E-state index contributed by atoms with van der Waals surface area (Å²) >= 11 is 3.48. The topological polar surface area (TPSA) is 38.9 Å². The van der Waals surface area contributed by atoms with Crippen molar-refractivity contribution in [3.8, 4) is 0 Å². The Bertz CT molecular complexity index is 701. The number of fused-ring (bicyclic) bond motifs is 1.